The van der Waals surface area contributed by atoms with E-state index >= 15 is 0 Å². The van der Waals surface area contributed by atoms with Gasteiger partial charge < -0.3 is 9.84 Å². The predicted molar refractivity (Wildman–Crippen MR) is 105 cm³/mol. The molecule has 0 aliphatic carbocycles. The molecule has 0 spiro atoms. The van der Waals surface area contributed by atoms with Crippen molar-refractivity contribution >= 4 is 33.3 Å². The smallest absolute Gasteiger partial charge is 0.133 e. The molecule has 25 heavy (non-hydrogen) atoms. The first-order valence-electron chi connectivity index (χ1n) is 8.28. The summed E-state index contributed by atoms with van der Waals surface area (Å²) < 4.78 is 5.81. The van der Waals surface area contributed by atoms with Crippen molar-refractivity contribution in [2.45, 2.75) is 9.79 Å². The molecule has 0 aliphatic heterocycles. The van der Waals surface area contributed by atoms with E-state index in [9.17, 15) is 0 Å². The Bertz CT molecular complexity index is 1020. The predicted octanol–water partition coefficient (Wildman–Crippen LogP) is 5.52. The van der Waals surface area contributed by atoms with Crippen LogP contribution in [0.1, 0.15) is 0 Å². The van der Waals surface area contributed by atoms with Crippen LogP contribution in [0.4, 0.5) is 0 Å². The zero-order valence-electron chi connectivity index (χ0n) is 13.7. The molecule has 0 heterocycles. The van der Waals surface area contributed by atoms with Crippen LogP contribution in [0, 0.1) is 0 Å². The Balaban J connectivity index is 1.86. The highest BCUT2D eigenvalue weighted by Crippen LogP contribution is 2.42. The summed E-state index contributed by atoms with van der Waals surface area (Å²) in [6.07, 6.45) is 0. The Morgan fingerprint density at radius 2 is 1.40 bits per heavy atom. The zero-order valence-corrected chi connectivity index (χ0v) is 14.5. The summed E-state index contributed by atoms with van der Waals surface area (Å²) in [4.78, 5) is 2.28. The van der Waals surface area contributed by atoms with Gasteiger partial charge in [-0.3, -0.25) is 0 Å². The molecule has 124 valence electrons. The van der Waals surface area contributed by atoms with Crippen LogP contribution in [0.3, 0.4) is 0 Å². The van der Waals surface area contributed by atoms with E-state index in [1.54, 1.807) is 11.8 Å². The van der Waals surface area contributed by atoms with E-state index in [4.69, 9.17) is 9.84 Å². The van der Waals surface area contributed by atoms with E-state index in [0.717, 1.165) is 16.0 Å². The summed E-state index contributed by atoms with van der Waals surface area (Å²) in [6.45, 7) is 0.298. The van der Waals surface area contributed by atoms with E-state index in [2.05, 4.69) is 60.7 Å². The SMILES string of the molecule is OCCOc1ccc2ccccc2c1Sc1cccc2ccccc12. The van der Waals surface area contributed by atoms with Crippen LogP contribution in [-0.2, 0) is 0 Å². The van der Waals surface area contributed by atoms with Gasteiger partial charge >= 0.3 is 0 Å². The molecule has 4 aromatic carbocycles. The Morgan fingerprint density at radius 3 is 2.20 bits per heavy atom. The Labute approximate surface area is 151 Å². The maximum Gasteiger partial charge on any atom is 0.133 e. The van der Waals surface area contributed by atoms with Gasteiger partial charge in [-0.2, -0.15) is 0 Å². The van der Waals surface area contributed by atoms with Gasteiger partial charge in [-0.1, -0.05) is 78.5 Å². The highest BCUT2D eigenvalue weighted by Gasteiger charge is 2.12. The Morgan fingerprint density at radius 1 is 0.720 bits per heavy atom. The maximum absolute atomic E-state index is 9.13. The van der Waals surface area contributed by atoms with Gasteiger partial charge in [0.1, 0.15) is 12.4 Å². The molecule has 0 saturated heterocycles. The number of rotatable bonds is 5. The molecule has 0 saturated carbocycles. The molecule has 0 bridgehead atoms. The molecule has 4 aromatic rings. The Hall–Kier alpha value is -2.49. The monoisotopic (exact) mass is 346 g/mol. The van der Waals surface area contributed by atoms with Crippen LogP contribution in [-0.4, -0.2) is 18.3 Å². The zero-order chi connectivity index (χ0) is 17.1. The fourth-order valence-corrected chi connectivity index (χ4v) is 4.18. The quantitative estimate of drug-likeness (QED) is 0.516. The van der Waals surface area contributed by atoms with Crippen LogP contribution in [0.15, 0.2) is 88.7 Å². The topological polar surface area (TPSA) is 29.5 Å². The van der Waals surface area contributed by atoms with E-state index < -0.39 is 0 Å². The third kappa shape index (κ3) is 3.21. The molecule has 0 aliphatic rings. The van der Waals surface area contributed by atoms with Crippen molar-refractivity contribution in [1.82, 2.24) is 0 Å². The number of ether oxygens (including phenoxy) is 1. The van der Waals surface area contributed by atoms with Gasteiger partial charge in [0, 0.05) is 4.90 Å². The molecule has 3 heteroatoms. The van der Waals surface area contributed by atoms with Gasteiger partial charge in [0.15, 0.2) is 0 Å². The van der Waals surface area contributed by atoms with Crippen LogP contribution >= 0.6 is 11.8 Å². The minimum Gasteiger partial charge on any atom is -0.490 e. The number of benzene rings is 4. The highest BCUT2D eigenvalue weighted by molar-refractivity contribution is 8.00. The van der Waals surface area contributed by atoms with Gasteiger partial charge in [0.2, 0.25) is 0 Å². The van der Waals surface area contributed by atoms with E-state index in [-0.39, 0.29) is 6.61 Å². The van der Waals surface area contributed by atoms with Crippen LogP contribution in [0.2, 0.25) is 0 Å². The number of hydrogen-bond acceptors (Lipinski definition) is 3. The molecule has 4 rings (SSSR count). The summed E-state index contributed by atoms with van der Waals surface area (Å²) in [6, 6.07) is 27.1. The fourth-order valence-electron chi connectivity index (χ4n) is 2.99. The standard InChI is InChI=1S/C22H18O2S/c23-14-15-24-20-13-12-17-7-2-4-10-19(17)22(20)25-21-11-5-8-16-6-1-3-9-18(16)21/h1-13,23H,14-15H2. The van der Waals surface area contributed by atoms with Gasteiger partial charge in [-0.05, 0) is 33.7 Å². The lowest BCUT2D eigenvalue weighted by molar-refractivity contribution is 0.199. The van der Waals surface area contributed by atoms with E-state index in [1.807, 2.05) is 18.2 Å². The fraction of sp³-hybridized carbons (Fsp3) is 0.0909. The largest absolute Gasteiger partial charge is 0.490 e. The van der Waals surface area contributed by atoms with E-state index in [1.165, 1.54) is 21.1 Å². The summed E-state index contributed by atoms with van der Waals surface area (Å²) in [5.74, 6) is 0.811. The lowest BCUT2D eigenvalue weighted by Gasteiger charge is -2.14. The van der Waals surface area contributed by atoms with Gasteiger partial charge in [0.05, 0.1) is 11.5 Å². The van der Waals surface area contributed by atoms with Crippen LogP contribution in [0.5, 0.6) is 5.75 Å². The van der Waals surface area contributed by atoms with Crippen LogP contribution in [0.25, 0.3) is 21.5 Å². The first-order chi connectivity index (χ1) is 12.4. The van der Waals surface area contributed by atoms with Crippen molar-refractivity contribution < 1.29 is 9.84 Å². The molecular formula is C22H18O2S. The summed E-state index contributed by atoms with van der Waals surface area (Å²) in [7, 11) is 0. The first-order valence-corrected chi connectivity index (χ1v) is 9.09. The normalized spacial score (nSPS) is 11.1. The van der Waals surface area contributed by atoms with Gasteiger partial charge in [-0.15, -0.1) is 0 Å². The molecule has 0 fully saturated rings. The maximum atomic E-state index is 9.13. The molecule has 0 unspecified atom stereocenters. The number of fused-ring (bicyclic) bond motifs is 2. The third-order valence-electron chi connectivity index (χ3n) is 4.15. The average Bonchev–Trinajstić information content (AvgIpc) is 2.67. The molecule has 1 N–H and O–H groups in total. The highest BCUT2D eigenvalue weighted by atomic mass is 32.2. The van der Waals surface area contributed by atoms with Crippen molar-refractivity contribution in [3.05, 3.63) is 78.9 Å². The second-order valence-corrected chi connectivity index (χ2v) is 6.82. The molecule has 0 radical (unpaired) electrons. The van der Waals surface area contributed by atoms with Crippen LogP contribution < -0.4 is 4.74 Å². The Kier molecular flexibility index (Phi) is 4.59. The van der Waals surface area contributed by atoms with Gasteiger partial charge in [0.25, 0.3) is 0 Å². The second-order valence-electron chi connectivity index (χ2n) is 5.77. The summed E-state index contributed by atoms with van der Waals surface area (Å²) in [5, 5.41) is 13.9. The van der Waals surface area contributed by atoms with Crippen molar-refractivity contribution in [1.29, 1.82) is 0 Å². The van der Waals surface area contributed by atoms with Crippen molar-refractivity contribution in [3.8, 4) is 5.75 Å². The van der Waals surface area contributed by atoms with Crippen molar-refractivity contribution in [2.24, 2.45) is 0 Å². The molecule has 0 atom stereocenters. The van der Waals surface area contributed by atoms with E-state index in [0.29, 0.717) is 6.61 Å². The molecular weight excluding hydrogens is 328 g/mol. The van der Waals surface area contributed by atoms with Gasteiger partial charge in [-0.25, -0.2) is 0 Å². The summed E-state index contributed by atoms with van der Waals surface area (Å²) >= 11 is 1.72. The minimum atomic E-state index is 0.00516. The number of aliphatic hydroxyl groups is 1. The molecule has 2 nitrogen and oxygen atoms in total. The third-order valence-corrected chi connectivity index (χ3v) is 5.36. The molecule has 0 amide bonds. The number of hydrogen-bond donors (Lipinski definition) is 1. The minimum absolute atomic E-state index is 0.00516. The second kappa shape index (κ2) is 7.18. The average molecular weight is 346 g/mol. The summed E-state index contributed by atoms with van der Waals surface area (Å²) in [5.41, 5.74) is 0. The van der Waals surface area contributed by atoms with Crippen molar-refractivity contribution in [2.75, 3.05) is 13.2 Å². The lowest BCUT2D eigenvalue weighted by atomic mass is 10.1. The van der Waals surface area contributed by atoms with Crippen molar-refractivity contribution in [3.63, 3.8) is 0 Å². The lowest BCUT2D eigenvalue weighted by Crippen LogP contribution is -2.02. The number of aliphatic hydroxyl groups excluding tert-OH is 1. The molecule has 0 aromatic heterocycles. The first kappa shape index (κ1) is 16.0.